The number of ketones is 1. The molecule has 0 aliphatic carbocycles. The van der Waals surface area contributed by atoms with Gasteiger partial charge in [-0.25, -0.2) is 0 Å². The molecule has 0 bridgehead atoms. The standard InChI is InChI=1S/C8H16O6S/c9-3-5(11)7(13)8(14)6(12)4(10)1-2-15/h5-9,11-15H,1-3H2/t5-,6-,7-,8-/m1/s1. The molecule has 90 valence electrons. The lowest BCUT2D eigenvalue weighted by Gasteiger charge is -2.24. The molecular weight excluding hydrogens is 224 g/mol. The van der Waals surface area contributed by atoms with Crippen molar-refractivity contribution in [3.05, 3.63) is 0 Å². The van der Waals surface area contributed by atoms with Crippen molar-refractivity contribution in [3.63, 3.8) is 0 Å². The van der Waals surface area contributed by atoms with E-state index in [9.17, 15) is 20.1 Å². The molecule has 0 aromatic carbocycles. The maximum atomic E-state index is 11.1. The Morgan fingerprint density at radius 3 is 2.07 bits per heavy atom. The van der Waals surface area contributed by atoms with Gasteiger partial charge in [0.2, 0.25) is 0 Å². The number of hydrogen-bond acceptors (Lipinski definition) is 7. The number of carbonyl (C=O) groups excluding carboxylic acids is 1. The molecule has 5 N–H and O–H groups in total. The highest BCUT2D eigenvalue weighted by Gasteiger charge is 2.33. The highest BCUT2D eigenvalue weighted by Crippen LogP contribution is 2.07. The van der Waals surface area contributed by atoms with Crippen LogP contribution in [0.2, 0.25) is 0 Å². The summed E-state index contributed by atoms with van der Waals surface area (Å²) >= 11 is 3.77. The molecule has 7 heteroatoms. The van der Waals surface area contributed by atoms with Crippen LogP contribution in [-0.4, -0.2) is 68.1 Å². The first-order chi connectivity index (χ1) is 6.95. The van der Waals surface area contributed by atoms with Crippen molar-refractivity contribution in [2.24, 2.45) is 0 Å². The zero-order valence-corrected chi connectivity index (χ0v) is 8.92. The van der Waals surface area contributed by atoms with Gasteiger partial charge in [0.1, 0.15) is 24.4 Å². The molecule has 0 aliphatic heterocycles. The number of carbonyl (C=O) groups is 1. The number of rotatable bonds is 7. The SMILES string of the molecule is O=C(CCS)[C@@H](O)[C@@H](O)[C@H](O)[C@H](O)CO. The Kier molecular flexibility index (Phi) is 7.07. The van der Waals surface area contributed by atoms with Gasteiger partial charge < -0.3 is 25.5 Å². The van der Waals surface area contributed by atoms with Crippen molar-refractivity contribution >= 4 is 18.4 Å². The summed E-state index contributed by atoms with van der Waals surface area (Å²) in [6.07, 6.45) is -7.02. The summed E-state index contributed by atoms with van der Waals surface area (Å²) in [4.78, 5) is 11.1. The normalized spacial score (nSPS) is 19.3. The van der Waals surface area contributed by atoms with E-state index in [2.05, 4.69) is 12.6 Å². The molecule has 0 aromatic heterocycles. The Morgan fingerprint density at radius 1 is 1.13 bits per heavy atom. The van der Waals surface area contributed by atoms with E-state index in [-0.39, 0.29) is 12.2 Å². The van der Waals surface area contributed by atoms with Crippen LogP contribution in [-0.2, 0) is 4.79 Å². The van der Waals surface area contributed by atoms with Crippen molar-refractivity contribution < 1.29 is 30.3 Å². The van der Waals surface area contributed by atoms with Crippen LogP contribution in [0.3, 0.4) is 0 Å². The lowest BCUT2D eigenvalue weighted by molar-refractivity contribution is -0.146. The van der Waals surface area contributed by atoms with E-state index < -0.39 is 36.8 Å². The van der Waals surface area contributed by atoms with Gasteiger partial charge in [0, 0.05) is 6.42 Å². The van der Waals surface area contributed by atoms with Crippen LogP contribution in [0.25, 0.3) is 0 Å². The fourth-order valence-corrected chi connectivity index (χ4v) is 1.19. The third kappa shape index (κ3) is 4.45. The quantitative estimate of drug-likeness (QED) is 0.270. The fraction of sp³-hybridized carbons (Fsp3) is 0.875. The third-order valence-corrected chi connectivity index (χ3v) is 2.17. The first-order valence-corrected chi connectivity index (χ1v) is 5.05. The smallest absolute Gasteiger partial charge is 0.164 e. The van der Waals surface area contributed by atoms with Crippen molar-refractivity contribution in [1.82, 2.24) is 0 Å². The first kappa shape index (κ1) is 14.8. The van der Waals surface area contributed by atoms with Crippen LogP contribution in [0, 0.1) is 0 Å². The predicted octanol–water partition coefficient (Wildman–Crippen LogP) is -2.69. The highest BCUT2D eigenvalue weighted by molar-refractivity contribution is 7.80. The summed E-state index contributed by atoms with van der Waals surface area (Å²) in [5.41, 5.74) is 0. The van der Waals surface area contributed by atoms with E-state index in [1.807, 2.05) is 0 Å². The molecule has 0 radical (unpaired) electrons. The molecular formula is C8H16O6S. The van der Waals surface area contributed by atoms with Crippen molar-refractivity contribution in [3.8, 4) is 0 Å². The van der Waals surface area contributed by atoms with E-state index in [1.165, 1.54) is 0 Å². The summed E-state index contributed by atoms with van der Waals surface area (Å²) in [5, 5.41) is 45.1. The minimum absolute atomic E-state index is 0.0523. The zero-order chi connectivity index (χ0) is 12.0. The van der Waals surface area contributed by atoms with Crippen molar-refractivity contribution in [2.45, 2.75) is 30.8 Å². The maximum Gasteiger partial charge on any atom is 0.164 e. The van der Waals surface area contributed by atoms with Gasteiger partial charge in [-0.2, -0.15) is 12.6 Å². The van der Waals surface area contributed by atoms with Crippen LogP contribution in [0.15, 0.2) is 0 Å². The van der Waals surface area contributed by atoms with Crippen LogP contribution >= 0.6 is 12.6 Å². The molecule has 4 atom stereocenters. The van der Waals surface area contributed by atoms with Crippen LogP contribution in [0.4, 0.5) is 0 Å². The summed E-state index contributed by atoms with van der Waals surface area (Å²) in [6.45, 7) is -0.772. The van der Waals surface area contributed by atoms with E-state index in [0.717, 1.165) is 0 Å². The van der Waals surface area contributed by atoms with Crippen LogP contribution in [0.1, 0.15) is 6.42 Å². The molecule has 0 fully saturated rings. The topological polar surface area (TPSA) is 118 Å². The number of aliphatic hydroxyl groups excluding tert-OH is 5. The van der Waals surface area contributed by atoms with Gasteiger partial charge in [0.15, 0.2) is 5.78 Å². The summed E-state index contributed by atoms with van der Waals surface area (Å²) < 4.78 is 0. The molecule has 0 amide bonds. The number of hydrogen-bond donors (Lipinski definition) is 6. The van der Waals surface area contributed by atoms with Crippen LogP contribution in [0.5, 0.6) is 0 Å². The molecule has 0 aromatic rings. The van der Waals surface area contributed by atoms with Crippen molar-refractivity contribution in [1.29, 1.82) is 0 Å². The molecule has 0 saturated carbocycles. The van der Waals surface area contributed by atoms with Crippen molar-refractivity contribution in [2.75, 3.05) is 12.4 Å². The lowest BCUT2D eigenvalue weighted by Crippen LogP contribution is -2.48. The number of thiol groups is 1. The Morgan fingerprint density at radius 2 is 1.67 bits per heavy atom. The fourth-order valence-electron chi connectivity index (χ4n) is 0.971. The number of aliphatic hydroxyl groups is 5. The molecule has 6 nitrogen and oxygen atoms in total. The Bertz CT molecular complexity index is 200. The molecule has 0 heterocycles. The second-order valence-electron chi connectivity index (χ2n) is 3.12. The molecule has 0 aliphatic rings. The molecule has 15 heavy (non-hydrogen) atoms. The van der Waals surface area contributed by atoms with E-state index in [4.69, 9.17) is 10.2 Å². The largest absolute Gasteiger partial charge is 0.394 e. The summed E-state index contributed by atoms with van der Waals surface area (Å²) in [7, 11) is 0. The van der Waals surface area contributed by atoms with Gasteiger partial charge in [0.25, 0.3) is 0 Å². The molecule has 0 rings (SSSR count). The minimum Gasteiger partial charge on any atom is -0.394 e. The molecule has 0 saturated heterocycles. The van der Waals surface area contributed by atoms with Gasteiger partial charge in [0.05, 0.1) is 6.61 Å². The maximum absolute atomic E-state index is 11.1. The zero-order valence-electron chi connectivity index (χ0n) is 8.02. The predicted molar refractivity (Wildman–Crippen MR) is 54.6 cm³/mol. The highest BCUT2D eigenvalue weighted by atomic mass is 32.1. The summed E-state index contributed by atoms with van der Waals surface area (Å²) in [5.74, 6) is -0.469. The van der Waals surface area contributed by atoms with Gasteiger partial charge >= 0.3 is 0 Å². The summed E-state index contributed by atoms with van der Waals surface area (Å²) in [6, 6.07) is 0. The van der Waals surface area contributed by atoms with E-state index >= 15 is 0 Å². The second kappa shape index (κ2) is 7.15. The Hall–Kier alpha value is -0.180. The van der Waals surface area contributed by atoms with Gasteiger partial charge in [-0.1, -0.05) is 0 Å². The van der Waals surface area contributed by atoms with Gasteiger partial charge in [-0.15, -0.1) is 0 Å². The molecule has 0 unspecified atom stereocenters. The average Bonchev–Trinajstić information content (AvgIpc) is 2.25. The van der Waals surface area contributed by atoms with Crippen LogP contribution < -0.4 is 0 Å². The first-order valence-electron chi connectivity index (χ1n) is 4.42. The monoisotopic (exact) mass is 240 g/mol. The minimum atomic E-state index is -1.82. The second-order valence-corrected chi connectivity index (χ2v) is 3.56. The van der Waals surface area contributed by atoms with E-state index in [0.29, 0.717) is 0 Å². The average molecular weight is 240 g/mol. The Balaban J connectivity index is 4.29. The van der Waals surface area contributed by atoms with Gasteiger partial charge in [-0.05, 0) is 5.75 Å². The lowest BCUT2D eigenvalue weighted by atomic mass is 9.99. The Labute approximate surface area is 92.6 Å². The number of Topliss-reactive ketones (excluding diaryl/α,β-unsaturated/α-hetero) is 1. The van der Waals surface area contributed by atoms with E-state index in [1.54, 1.807) is 0 Å². The molecule has 0 spiro atoms. The third-order valence-electron chi connectivity index (χ3n) is 1.94. The van der Waals surface area contributed by atoms with Gasteiger partial charge in [-0.3, -0.25) is 4.79 Å².